The molecule has 90 valence electrons. The maximum atomic E-state index is 11.9. The summed E-state index contributed by atoms with van der Waals surface area (Å²) in [6, 6.07) is 6.83. The van der Waals surface area contributed by atoms with Gasteiger partial charge in [-0.25, -0.2) is 13.1 Å². The van der Waals surface area contributed by atoms with Gasteiger partial charge in [-0.3, -0.25) is 0 Å². The smallest absolute Gasteiger partial charge is 0.240 e. The molecule has 1 aromatic carbocycles. The third kappa shape index (κ3) is 3.59. The summed E-state index contributed by atoms with van der Waals surface area (Å²) in [6.45, 7) is 4.26. The van der Waals surface area contributed by atoms with Crippen molar-refractivity contribution in [1.29, 1.82) is 0 Å². The van der Waals surface area contributed by atoms with E-state index < -0.39 is 10.0 Å². The summed E-state index contributed by atoms with van der Waals surface area (Å²) in [5.41, 5.74) is 0.953. The van der Waals surface area contributed by atoms with Crippen molar-refractivity contribution in [1.82, 2.24) is 10.0 Å². The van der Waals surface area contributed by atoms with E-state index in [4.69, 9.17) is 0 Å². The van der Waals surface area contributed by atoms with E-state index in [0.29, 0.717) is 11.4 Å². The largest absolute Gasteiger partial charge is 0.316 e. The van der Waals surface area contributed by atoms with Crippen molar-refractivity contribution in [2.45, 2.75) is 31.3 Å². The van der Waals surface area contributed by atoms with Crippen molar-refractivity contribution < 1.29 is 8.42 Å². The lowest BCUT2D eigenvalue weighted by Crippen LogP contribution is -2.30. The molecule has 0 unspecified atom stereocenters. The SMILES string of the molecule is CNCc1cccc(S(=O)(=O)NC(C)C)c1. The molecule has 0 radical (unpaired) electrons. The summed E-state index contributed by atoms with van der Waals surface area (Å²) in [6.07, 6.45) is 0. The second-order valence-electron chi connectivity index (χ2n) is 3.95. The van der Waals surface area contributed by atoms with Crippen molar-refractivity contribution >= 4 is 10.0 Å². The summed E-state index contributed by atoms with van der Waals surface area (Å²) >= 11 is 0. The first kappa shape index (κ1) is 13.2. The highest BCUT2D eigenvalue weighted by molar-refractivity contribution is 7.89. The van der Waals surface area contributed by atoms with Crippen molar-refractivity contribution in [3.8, 4) is 0 Å². The molecule has 0 amide bonds. The van der Waals surface area contributed by atoms with Crippen molar-refractivity contribution in [2.24, 2.45) is 0 Å². The summed E-state index contributed by atoms with van der Waals surface area (Å²) in [5, 5.41) is 2.99. The topological polar surface area (TPSA) is 58.2 Å². The van der Waals surface area contributed by atoms with E-state index in [9.17, 15) is 8.42 Å². The van der Waals surface area contributed by atoms with Crippen LogP contribution in [0, 0.1) is 0 Å². The van der Waals surface area contributed by atoms with Crippen LogP contribution < -0.4 is 10.0 Å². The van der Waals surface area contributed by atoms with Crippen LogP contribution in [0.2, 0.25) is 0 Å². The molecule has 0 saturated carbocycles. The molecule has 0 spiro atoms. The summed E-state index contributed by atoms with van der Waals surface area (Å²) in [7, 11) is -1.55. The molecule has 1 rings (SSSR count). The van der Waals surface area contributed by atoms with Crippen LogP contribution in [-0.4, -0.2) is 21.5 Å². The fourth-order valence-corrected chi connectivity index (χ4v) is 2.73. The van der Waals surface area contributed by atoms with E-state index in [1.54, 1.807) is 32.0 Å². The fraction of sp³-hybridized carbons (Fsp3) is 0.455. The van der Waals surface area contributed by atoms with Gasteiger partial charge in [0.2, 0.25) is 10.0 Å². The lowest BCUT2D eigenvalue weighted by atomic mass is 10.2. The molecule has 0 aliphatic rings. The molecule has 0 aliphatic carbocycles. The molecule has 16 heavy (non-hydrogen) atoms. The molecule has 0 aliphatic heterocycles. The van der Waals surface area contributed by atoms with Gasteiger partial charge in [-0.2, -0.15) is 0 Å². The number of benzene rings is 1. The predicted octanol–water partition coefficient (Wildman–Crippen LogP) is 1.09. The summed E-state index contributed by atoms with van der Waals surface area (Å²) in [4.78, 5) is 0.314. The van der Waals surface area contributed by atoms with E-state index in [1.165, 1.54) is 0 Å². The van der Waals surface area contributed by atoms with E-state index in [0.717, 1.165) is 5.56 Å². The Labute approximate surface area is 97.1 Å². The van der Waals surface area contributed by atoms with Gasteiger partial charge in [0.25, 0.3) is 0 Å². The lowest BCUT2D eigenvalue weighted by molar-refractivity contribution is 0.569. The van der Waals surface area contributed by atoms with Crippen LogP contribution in [0.15, 0.2) is 29.2 Å². The van der Waals surface area contributed by atoms with Gasteiger partial charge in [0.05, 0.1) is 4.90 Å². The van der Waals surface area contributed by atoms with Crippen LogP contribution in [-0.2, 0) is 16.6 Å². The average Bonchev–Trinajstić information content (AvgIpc) is 2.16. The van der Waals surface area contributed by atoms with Crippen molar-refractivity contribution in [3.63, 3.8) is 0 Å². The molecule has 5 heteroatoms. The van der Waals surface area contributed by atoms with E-state index >= 15 is 0 Å². The second kappa shape index (κ2) is 5.43. The third-order valence-corrected chi connectivity index (χ3v) is 3.64. The van der Waals surface area contributed by atoms with Gasteiger partial charge < -0.3 is 5.32 Å². The first-order valence-electron chi connectivity index (χ1n) is 5.21. The molecule has 0 saturated heterocycles. The molecule has 2 N–H and O–H groups in total. The molecule has 0 heterocycles. The third-order valence-electron chi connectivity index (χ3n) is 1.98. The lowest BCUT2D eigenvalue weighted by Gasteiger charge is -2.10. The number of nitrogens with one attached hydrogen (secondary N) is 2. The highest BCUT2D eigenvalue weighted by Crippen LogP contribution is 2.11. The van der Waals surface area contributed by atoms with Crippen LogP contribution in [0.25, 0.3) is 0 Å². The highest BCUT2D eigenvalue weighted by Gasteiger charge is 2.15. The van der Waals surface area contributed by atoms with E-state index in [1.807, 2.05) is 13.1 Å². The normalized spacial score (nSPS) is 12.0. The summed E-state index contributed by atoms with van der Waals surface area (Å²) < 4.78 is 26.3. The van der Waals surface area contributed by atoms with Crippen LogP contribution in [0.5, 0.6) is 0 Å². The Morgan fingerprint density at radius 3 is 2.56 bits per heavy atom. The van der Waals surface area contributed by atoms with Gasteiger partial charge in [0.1, 0.15) is 0 Å². The minimum absolute atomic E-state index is 0.0991. The Bertz CT molecular complexity index is 441. The van der Waals surface area contributed by atoms with Gasteiger partial charge >= 0.3 is 0 Å². The van der Waals surface area contributed by atoms with Crippen LogP contribution in [0.1, 0.15) is 19.4 Å². The van der Waals surface area contributed by atoms with Crippen LogP contribution >= 0.6 is 0 Å². The Kier molecular flexibility index (Phi) is 4.46. The Balaban J connectivity index is 2.99. The summed E-state index contributed by atoms with van der Waals surface area (Å²) in [5.74, 6) is 0. The van der Waals surface area contributed by atoms with Crippen molar-refractivity contribution in [3.05, 3.63) is 29.8 Å². The van der Waals surface area contributed by atoms with E-state index in [2.05, 4.69) is 10.0 Å². The van der Waals surface area contributed by atoms with Crippen LogP contribution in [0.4, 0.5) is 0 Å². The van der Waals surface area contributed by atoms with Gasteiger partial charge in [-0.1, -0.05) is 12.1 Å². The zero-order valence-corrected chi connectivity index (χ0v) is 10.6. The average molecular weight is 242 g/mol. The number of hydrogen-bond acceptors (Lipinski definition) is 3. The minimum Gasteiger partial charge on any atom is -0.316 e. The van der Waals surface area contributed by atoms with E-state index in [-0.39, 0.29) is 6.04 Å². The van der Waals surface area contributed by atoms with Gasteiger partial charge in [-0.15, -0.1) is 0 Å². The molecule has 1 aromatic rings. The zero-order chi connectivity index (χ0) is 12.2. The first-order valence-corrected chi connectivity index (χ1v) is 6.70. The Morgan fingerprint density at radius 2 is 2.00 bits per heavy atom. The predicted molar refractivity (Wildman–Crippen MR) is 64.7 cm³/mol. The monoisotopic (exact) mass is 242 g/mol. The Hall–Kier alpha value is -0.910. The highest BCUT2D eigenvalue weighted by atomic mass is 32.2. The Morgan fingerprint density at radius 1 is 1.31 bits per heavy atom. The van der Waals surface area contributed by atoms with Crippen molar-refractivity contribution in [2.75, 3.05) is 7.05 Å². The first-order chi connectivity index (χ1) is 7.45. The van der Waals surface area contributed by atoms with Gasteiger partial charge in [0.15, 0.2) is 0 Å². The zero-order valence-electron chi connectivity index (χ0n) is 9.82. The van der Waals surface area contributed by atoms with Crippen LogP contribution in [0.3, 0.4) is 0 Å². The molecule has 4 nitrogen and oxygen atoms in total. The maximum Gasteiger partial charge on any atom is 0.240 e. The van der Waals surface area contributed by atoms with Gasteiger partial charge in [-0.05, 0) is 38.6 Å². The molecule has 0 bridgehead atoms. The number of sulfonamides is 1. The van der Waals surface area contributed by atoms with Gasteiger partial charge in [0, 0.05) is 12.6 Å². The minimum atomic E-state index is -3.38. The molecule has 0 aromatic heterocycles. The fourth-order valence-electron chi connectivity index (χ4n) is 1.41. The second-order valence-corrected chi connectivity index (χ2v) is 5.67. The molecule has 0 atom stereocenters. The standard InChI is InChI=1S/C11H18N2O2S/c1-9(2)13-16(14,15)11-6-4-5-10(7-11)8-12-3/h4-7,9,12-13H,8H2,1-3H3. The molecular weight excluding hydrogens is 224 g/mol. The maximum absolute atomic E-state index is 11.9. The molecule has 0 fully saturated rings. The number of rotatable bonds is 5. The molecular formula is C11H18N2O2S. The number of hydrogen-bond donors (Lipinski definition) is 2. The quantitative estimate of drug-likeness (QED) is 0.812.